The molecule has 0 aliphatic rings. The first kappa shape index (κ1) is 13.3. The van der Waals surface area contributed by atoms with Crippen molar-refractivity contribution in [2.45, 2.75) is 39.8 Å². The van der Waals surface area contributed by atoms with Crippen molar-refractivity contribution in [2.75, 3.05) is 18.2 Å². The van der Waals surface area contributed by atoms with Crippen LogP contribution in [0.2, 0.25) is 0 Å². The van der Waals surface area contributed by atoms with Crippen LogP contribution >= 0.6 is 0 Å². The first-order chi connectivity index (χ1) is 8.01. The molecule has 0 atom stereocenters. The highest BCUT2D eigenvalue weighted by Gasteiger charge is 2.22. The van der Waals surface area contributed by atoms with Gasteiger partial charge in [0.1, 0.15) is 11.4 Å². The van der Waals surface area contributed by atoms with Crippen molar-refractivity contribution in [1.82, 2.24) is 9.78 Å². The Morgan fingerprint density at radius 1 is 1.59 bits per heavy atom. The van der Waals surface area contributed by atoms with Gasteiger partial charge in [0.05, 0.1) is 7.11 Å². The summed E-state index contributed by atoms with van der Waals surface area (Å²) in [5.74, 6) is 0.368. The third kappa shape index (κ3) is 2.89. The largest absolute Gasteiger partial charge is 0.465 e. The topological polar surface area (TPSA) is 82.2 Å². The van der Waals surface area contributed by atoms with Crippen molar-refractivity contribution >= 4 is 17.6 Å². The summed E-state index contributed by atoms with van der Waals surface area (Å²) in [6.07, 6.45) is 0.896. The van der Waals surface area contributed by atoms with Gasteiger partial charge in [-0.15, -0.1) is 0 Å². The van der Waals surface area contributed by atoms with Crippen LogP contribution in [0.4, 0.5) is 11.6 Å². The van der Waals surface area contributed by atoms with Crippen LogP contribution < -0.4 is 11.1 Å². The SMILES string of the molecule is CCCn1nc(NC(C)C)c(C(=O)OC)c1N. The van der Waals surface area contributed by atoms with Gasteiger partial charge in [0.15, 0.2) is 5.82 Å². The Kier molecular flexibility index (Phi) is 4.37. The van der Waals surface area contributed by atoms with E-state index in [9.17, 15) is 4.79 Å². The number of carbonyl (C=O) groups is 1. The Hall–Kier alpha value is -1.72. The van der Waals surface area contributed by atoms with E-state index in [2.05, 4.69) is 10.4 Å². The summed E-state index contributed by atoms with van der Waals surface area (Å²) in [6.45, 7) is 6.64. The minimum Gasteiger partial charge on any atom is -0.465 e. The lowest BCUT2D eigenvalue weighted by atomic mass is 10.2. The smallest absolute Gasteiger partial charge is 0.345 e. The van der Waals surface area contributed by atoms with E-state index in [1.165, 1.54) is 7.11 Å². The summed E-state index contributed by atoms with van der Waals surface area (Å²) in [4.78, 5) is 11.7. The fourth-order valence-corrected chi connectivity index (χ4v) is 1.53. The summed E-state index contributed by atoms with van der Waals surface area (Å²) >= 11 is 0. The third-order valence-electron chi connectivity index (χ3n) is 2.24. The average Bonchev–Trinajstić information content (AvgIpc) is 2.54. The highest BCUT2D eigenvalue weighted by Crippen LogP contribution is 2.23. The van der Waals surface area contributed by atoms with E-state index in [1.807, 2.05) is 20.8 Å². The molecule has 0 unspecified atom stereocenters. The minimum absolute atomic E-state index is 0.169. The highest BCUT2D eigenvalue weighted by atomic mass is 16.5. The Bertz CT molecular complexity index is 398. The molecule has 0 aliphatic heterocycles. The Morgan fingerprint density at radius 2 is 2.24 bits per heavy atom. The number of carbonyl (C=O) groups excluding carboxylic acids is 1. The second-order valence-corrected chi connectivity index (χ2v) is 4.12. The molecule has 0 bridgehead atoms. The number of rotatable bonds is 5. The number of nitrogens with zero attached hydrogens (tertiary/aromatic N) is 2. The van der Waals surface area contributed by atoms with Crippen LogP contribution in [0, 0.1) is 0 Å². The number of aryl methyl sites for hydroxylation is 1. The Balaban J connectivity index is 3.16. The van der Waals surface area contributed by atoms with Crippen LogP contribution in [0.25, 0.3) is 0 Å². The van der Waals surface area contributed by atoms with Gasteiger partial charge in [-0.1, -0.05) is 6.92 Å². The molecule has 96 valence electrons. The summed E-state index contributed by atoms with van der Waals surface area (Å²) in [7, 11) is 1.33. The van der Waals surface area contributed by atoms with Gasteiger partial charge in [0, 0.05) is 12.6 Å². The van der Waals surface area contributed by atoms with Gasteiger partial charge < -0.3 is 15.8 Å². The number of hydrogen-bond donors (Lipinski definition) is 2. The number of methoxy groups -OCH3 is 1. The summed E-state index contributed by atoms with van der Waals surface area (Å²) in [5.41, 5.74) is 6.22. The normalized spacial score (nSPS) is 10.6. The van der Waals surface area contributed by atoms with Crippen molar-refractivity contribution in [1.29, 1.82) is 0 Å². The summed E-state index contributed by atoms with van der Waals surface area (Å²) in [5, 5.41) is 7.38. The second kappa shape index (κ2) is 5.56. The number of nitrogens with one attached hydrogen (secondary N) is 1. The molecule has 0 saturated heterocycles. The predicted molar refractivity (Wildman–Crippen MR) is 67.0 cm³/mol. The maximum Gasteiger partial charge on any atom is 0.345 e. The third-order valence-corrected chi connectivity index (χ3v) is 2.24. The molecule has 0 aliphatic carbocycles. The van der Waals surface area contributed by atoms with Crippen LogP contribution in [-0.2, 0) is 11.3 Å². The molecule has 0 radical (unpaired) electrons. The van der Waals surface area contributed by atoms with Crippen molar-refractivity contribution in [2.24, 2.45) is 0 Å². The maximum absolute atomic E-state index is 11.7. The van der Waals surface area contributed by atoms with Gasteiger partial charge in [-0.3, -0.25) is 0 Å². The van der Waals surface area contributed by atoms with Gasteiger partial charge >= 0.3 is 5.97 Å². The molecule has 0 spiro atoms. The van der Waals surface area contributed by atoms with E-state index < -0.39 is 5.97 Å². The molecule has 0 fully saturated rings. The van der Waals surface area contributed by atoms with Gasteiger partial charge in [-0.05, 0) is 20.3 Å². The van der Waals surface area contributed by atoms with Crippen LogP contribution in [0.5, 0.6) is 0 Å². The van der Waals surface area contributed by atoms with Gasteiger partial charge in [-0.25, -0.2) is 9.48 Å². The van der Waals surface area contributed by atoms with Gasteiger partial charge in [-0.2, -0.15) is 5.10 Å². The number of ether oxygens (including phenoxy) is 1. The van der Waals surface area contributed by atoms with E-state index in [1.54, 1.807) is 4.68 Å². The van der Waals surface area contributed by atoms with E-state index in [0.29, 0.717) is 23.7 Å². The van der Waals surface area contributed by atoms with E-state index >= 15 is 0 Å². The molecule has 1 aromatic heterocycles. The van der Waals surface area contributed by atoms with Crippen molar-refractivity contribution in [3.63, 3.8) is 0 Å². The van der Waals surface area contributed by atoms with Crippen LogP contribution in [0.3, 0.4) is 0 Å². The van der Waals surface area contributed by atoms with Crippen LogP contribution in [-0.4, -0.2) is 28.9 Å². The molecular weight excluding hydrogens is 220 g/mol. The summed E-state index contributed by atoms with van der Waals surface area (Å²) in [6, 6.07) is 0.169. The Labute approximate surface area is 101 Å². The standard InChI is InChI=1S/C11H20N4O2/c1-5-6-15-9(12)8(11(16)17-4)10(14-15)13-7(2)3/h7H,5-6,12H2,1-4H3,(H,13,14). The number of nitrogens with two attached hydrogens (primary N) is 1. The van der Waals surface area contributed by atoms with E-state index in [4.69, 9.17) is 10.5 Å². The number of hydrogen-bond acceptors (Lipinski definition) is 5. The zero-order valence-corrected chi connectivity index (χ0v) is 10.8. The highest BCUT2D eigenvalue weighted by molar-refractivity contribution is 5.99. The lowest BCUT2D eigenvalue weighted by molar-refractivity contribution is 0.0603. The first-order valence-corrected chi connectivity index (χ1v) is 5.72. The van der Waals surface area contributed by atoms with E-state index in [-0.39, 0.29) is 6.04 Å². The predicted octanol–water partition coefficient (Wildman–Crippen LogP) is 1.48. The zero-order chi connectivity index (χ0) is 13.0. The fourth-order valence-electron chi connectivity index (χ4n) is 1.53. The molecule has 17 heavy (non-hydrogen) atoms. The molecule has 1 heterocycles. The first-order valence-electron chi connectivity index (χ1n) is 5.72. The minimum atomic E-state index is -0.465. The van der Waals surface area contributed by atoms with Crippen LogP contribution in [0.1, 0.15) is 37.6 Å². The van der Waals surface area contributed by atoms with Crippen molar-refractivity contribution in [3.8, 4) is 0 Å². The quantitative estimate of drug-likeness (QED) is 0.762. The molecule has 1 aromatic rings. The van der Waals surface area contributed by atoms with Crippen LogP contribution in [0.15, 0.2) is 0 Å². The Morgan fingerprint density at radius 3 is 2.71 bits per heavy atom. The maximum atomic E-state index is 11.7. The zero-order valence-electron chi connectivity index (χ0n) is 10.8. The molecule has 1 rings (SSSR count). The lowest BCUT2D eigenvalue weighted by Crippen LogP contribution is -2.14. The fraction of sp³-hybridized carbons (Fsp3) is 0.636. The second-order valence-electron chi connectivity index (χ2n) is 4.12. The van der Waals surface area contributed by atoms with Gasteiger partial charge in [0.25, 0.3) is 0 Å². The summed E-state index contributed by atoms with van der Waals surface area (Å²) < 4.78 is 6.34. The molecule has 0 amide bonds. The molecule has 6 nitrogen and oxygen atoms in total. The van der Waals surface area contributed by atoms with E-state index in [0.717, 1.165) is 6.42 Å². The number of esters is 1. The molecule has 0 aromatic carbocycles. The molecular formula is C11H20N4O2. The average molecular weight is 240 g/mol. The van der Waals surface area contributed by atoms with Gasteiger partial charge in [0.2, 0.25) is 0 Å². The molecule has 3 N–H and O–H groups in total. The van der Waals surface area contributed by atoms with Crippen molar-refractivity contribution < 1.29 is 9.53 Å². The lowest BCUT2D eigenvalue weighted by Gasteiger charge is -2.07. The number of nitrogen functional groups attached to an aromatic ring is 1. The molecule has 0 saturated carbocycles. The van der Waals surface area contributed by atoms with Crippen molar-refractivity contribution in [3.05, 3.63) is 5.56 Å². The molecule has 6 heteroatoms. The number of anilines is 2. The number of aromatic nitrogens is 2. The monoisotopic (exact) mass is 240 g/mol.